The minimum Gasteiger partial charge on any atom is -0.373 e. The summed E-state index contributed by atoms with van der Waals surface area (Å²) in [7, 11) is 1.88. The maximum atomic E-state index is 4.62. The van der Waals surface area contributed by atoms with Crippen molar-refractivity contribution in [2.75, 3.05) is 17.7 Å². The topological polar surface area (TPSA) is 62.7 Å². The lowest BCUT2D eigenvalue weighted by Gasteiger charge is -2.14. The number of anilines is 2. The van der Waals surface area contributed by atoms with Crippen LogP contribution in [0.4, 0.5) is 11.6 Å². The van der Waals surface area contributed by atoms with E-state index in [0.29, 0.717) is 12.5 Å². The number of aryl methyl sites for hydroxylation is 1. The summed E-state index contributed by atoms with van der Waals surface area (Å²) in [5.41, 5.74) is 2.08. The molecule has 0 amide bonds. The van der Waals surface area contributed by atoms with Crippen molar-refractivity contribution in [2.24, 2.45) is 0 Å². The monoisotopic (exact) mass is 291 g/mol. The predicted octanol–water partition coefficient (Wildman–Crippen LogP) is 3.33. The van der Waals surface area contributed by atoms with Crippen LogP contribution in [0.2, 0.25) is 0 Å². The van der Waals surface area contributed by atoms with Gasteiger partial charge in [0.1, 0.15) is 17.5 Å². The molecule has 2 N–H and O–H groups in total. The average molecular weight is 291 g/mol. The van der Waals surface area contributed by atoms with Gasteiger partial charge in [-0.05, 0) is 13.8 Å². The molecule has 0 aliphatic carbocycles. The highest BCUT2D eigenvalue weighted by molar-refractivity contribution is 7.09. The Balaban J connectivity index is 2.23. The van der Waals surface area contributed by atoms with E-state index in [1.165, 1.54) is 0 Å². The van der Waals surface area contributed by atoms with Crippen LogP contribution in [0.1, 0.15) is 41.9 Å². The summed E-state index contributed by atoms with van der Waals surface area (Å²) in [6, 6.07) is 0. The van der Waals surface area contributed by atoms with Crippen LogP contribution in [0, 0.1) is 13.8 Å². The van der Waals surface area contributed by atoms with E-state index in [4.69, 9.17) is 0 Å². The van der Waals surface area contributed by atoms with Gasteiger partial charge in [0, 0.05) is 23.9 Å². The minimum atomic E-state index is 0.296. The fraction of sp³-hybridized carbons (Fsp3) is 0.500. The third kappa shape index (κ3) is 3.25. The van der Waals surface area contributed by atoms with Gasteiger partial charge in [0.05, 0.1) is 17.2 Å². The Labute approximate surface area is 123 Å². The number of hydrogen-bond acceptors (Lipinski definition) is 6. The summed E-state index contributed by atoms with van der Waals surface area (Å²) >= 11 is 1.66. The van der Waals surface area contributed by atoms with E-state index < -0.39 is 0 Å². The summed E-state index contributed by atoms with van der Waals surface area (Å²) < 4.78 is 0. The molecule has 2 aromatic heterocycles. The van der Waals surface area contributed by atoms with Crippen LogP contribution in [0.25, 0.3) is 0 Å². The van der Waals surface area contributed by atoms with E-state index in [-0.39, 0.29) is 0 Å². The Bertz CT molecular complexity index is 591. The van der Waals surface area contributed by atoms with Crippen molar-refractivity contribution in [1.82, 2.24) is 15.0 Å². The molecule has 0 aliphatic heterocycles. The SMILES string of the molecule is CNc1nc(C(C)C)nc(NCc2csc(C)n2)c1C. The van der Waals surface area contributed by atoms with Gasteiger partial charge in [-0.15, -0.1) is 11.3 Å². The highest BCUT2D eigenvalue weighted by Crippen LogP contribution is 2.23. The average Bonchev–Trinajstić information content (AvgIpc) is 2.83. The second kappa shape index (κ2) is 6.17. The Kier molecular flexibility index (Phi) is 4.54. The second-order valence-corrected chi connectivity index (χ2v) is 6.08. The van der Waals surface area contributed by atoms with Crippen LogP contribution < -0.4 is 10.6 Å². The lowest BCUT2D eigenvalue weighted by atomic mass is 10.2. The van der Waals surface area contributed by atoms with Crippen LogP contribution >= 0.6 is 11.3 Å². The zero-order valence-corrected chi connectivity index (χ0v) is 13.4. The number of nitrogens with zero attached hydrogens (tertiary/aromatic N) is 3. The van der Waals surface area contributed by atoms with E-state index in [9.17, 15) is 0 Å². The van der Waals surface area contributed by atoms with E-state index in [2.05, 4.69) is 44.8 Å². The first-order valence-electron chi connectivity index (χ1n) is 6.72. The van der Waals surface area contributed by atoms with E-state index >= 15 is 0 Å². The Morgan fingerprint density at radius 3 is 2.40 bits per heavy atom. The van der Waals surface area contributed by atoms with Crippen LogP contribution in [0.3, 0.4) is 0 Å². The largest absolute Gasteiger partial charge is 0.373 e. The molecule has 2 rings (SSSR count). The molecule has 20 heavy (non-hydrogen) atoms. The van der Waals surface area contributed by atoms with Crippen LogP contribution in [-0.2, 0) is 6.54 Å². The summed E-state index contributed by atoms with van der Waals surface area (Å²) in [6.45, 7) is 8.91. The molecule has 6 heteroatoms. The van der Waals surface area contributed by atoms with Gasteiger partial charge in [0.15, 0.2) is 0 Å². The molecule has 0 fully saturated rings. The fourth-order valence-corrected chi connectivity index (χ4v) is 2.48. The van der Waals surface area contributed by atoms with Gasteiger partial charge in [0.2, 0.25) is 0 Å². The van der Waals surface area contributed by atoms with Gasteiger partial charge in [0.25, 0.3) is 0 Å². The number of hydrogen-bond donors (Lipinski definition) is 2. The molecule has 0 unspecified atom stereocenters. The minimum absolute atomic E-state index is 0.296. The van der Waals surface area contributed by atoms with Gasteiger partial charge in [-0.1, -0.05) is 13.8 Å². The molecule has 2 heterocycles. The first-order chi connectivity index (χ1) is 9.51. The highest BCUT2D eigenvalue weighted by atomic mass is 32.1. The quantitative estimate of drug-likeness (QED) is 0.884. The Morgan fingerprint density at radius 2 is 1.85 bits per heavy atom. The smallest absolute Gasteiger partial charge is 0.135 e. The number of thiazole rings is 1. The number of nitrogens with one attached hydrogen (secondary N) is 2. The maximum Gasteiger partial charge on any atom is 0.135 e. The summed E-state index contributed by atoms with van der Waals surface area (Å²) in [5, 5.41) is 9.65. The van der Waals surface area contributed by atoms with Crippen molar-refractivity contribution >= 4 is 23.0 Å². The summed E-state index contributed by atoms with van der Waals surface area (Å²) in [4.78, 5) is 13.6. The van der Waals surface area contributed by atoms with Crippen LogP contribution in [0.5, 0.6) is 0 Å². The van der Waals surface area contributed by atoms with Crippen molar-refractivity contribution < 1.29 is 0 Å². The molecular formula is C14H21N5S. The van der Waals surface area contributed by atoms with Gasteiger partial charge < -0.3 is 10.6 Å². The molecule has 0 radical (unpaired) electrons. The van der Waals surface area contributed by atoms with Crippen LogP contribution in [-0.4, -0.2) is 22.0 Å². The predicted molar refractivity (Wildman–Crippen MR) is 84.6 cm³/mol. The number of rotatable bonds is 5. The van der Waals surface area contributed by atoms with Gasteiger partial charge in [-0.25, -0.2) is 15.0 Å². The van der Waals surface area contributed by atoms with Gasteiger partial charge in [-0.3, -0.25) is 0 Å². The Morgan fingerprint density at radius 1 is 1.15 bits per heavy atom. The van der Waals surface area contributed by atoms with Crippen molar-refractivity contribution in [3.8, 4) is 0 Å². The molecule has 0 spiro atoms. The van der Waals surface area contributed by atoms with Crippen molar-refractivity contribution in [1.29, 1.82) is 0 Å². The molecule has 108 valence electrons. The molecule has 0 aliphatic rings. The zero-order valence-electron chi connectivity index (χ0n) is 12.6. The zero-order chi connectivity index (χ0) is 14.7. The van der Waals surface area contributed by atoms with Crippen molar-refractivity contribution in [3.05, 3.63) is 27.5 Å². The highest BCUT2D eigenvalue weighted by Gasteiger charge is 2.12. The van der Waals surface area contributed by atoms with Crippen molar-refractivity contribution in [2.45, 2.75) is 40.2 Å². The van der Waals surface area contributed by atoms with Gasteiger partial charge in [-0.2, -0.15) is 0 Å². The second-order valence-electron chi connectivity index (χ2n) is 5.02. The van der Waals surface area contributed by atoms with Gasteiger partial charge >= 0.3 is 0 Å². The lowest BCUT2D eigenvalue weighted by molar-refractivity contribution is 0.773. The third-order valence-electron chi connectivity index (χ3n) is 3.02. The van der Waals surface area contributed by atoms with E-state index in [1.54, 1.807) is 11.3 Å². The van der Waals surface area contributed by atoms with Crippen LogP contribution in [0.15, 0.2) is 5.38 Å². The Hall–Kier alpha value is -1.69. The van der Waals surface area contributed by atoms with E-state index in [1.807, 2.05) is 20.9 Å². The lowest BCUT2D eigenvalue weighted by Crippen LogP contribution is -2.10. The standard InChI is InChI=1S/C14H21N5S/c1-8(2)12-18-13(15-5)9(3)14(19-12)16-6-11-7-20-10(4)17-11/h7-8H,6H2,1-5H3,(H2,15,16,18,19). The molecule has 0 aromatic carbocycles. The first kappa shape index (κ1) is 14.7. The van der Waals surface area contributed by atoms with E-state index in [0.717, 1.165) is 33.7 Å². The molecule has 2 aromatic rings. The number of aromatic nitrogens is 3. The normalized spacial score (nSPS) is 10.9. The maximum absolute atomic E-state index is 4.62. The molecule has 0 saturated carbocycles. The molecule has 5 nitrogen and oxygen atoms in total. The summed E-state index contributed by atoms with van der Waals surface area (Å²) in [6.07, 6.45) is 0. The first-order valence-corrected chi connectivity index (χ1v) is 7.60. The molecule has 0 saturated heterocycles. The molecule has 0 atom stereocenters. The summed E-state index contributed by atoms with van der Waals surface area (Å²) in [5.74, 6) is 2.89. The molecular weight excluding hydrogens is 270 g/mol. The fourth-order valence-electron chi connectivity index (χ4n) is 1.87. The third-order valence-corrected chi connectivity index (χ3v) is 3.84. The molecule has 0 bridgehead atoms. The van der Waals surface area contributed by atoms with Crippen molar-refractivity contribution in [3.63, 3.8) is 0 Å².